The van der Waals surface area contributed by atoms with Crippen molar-refractivity contribution >= 4 is 22.1 Å². The summed E-state index contributed by atoms with van der Waals surface area (Å²) in [4.78, 5) is 2.98. The highest BCUT2D eigenvalue weighted by molar-refractivity contribution is 9.26. The molecule has 0 saturated heterocycles. The Bertz CT molecular complexity index is 219. The molecule has 0 spiro atoms. The van der Waals surface area contributed by atoms with E-state index in [9.17, 15) is 0 Å². The average Bonchev–Trinajstić information content (AvgIpc) is 1.82. The Labute approximate surface area is 89.2 Å². The predicted octanol–water partition coefficient (Wildman–Crippen LogP) is 4.73. The summed E-state index contributed by atoms with van der Waals surface area (Å²) in [6.45, 7) is 10.6. The standard InChI is InChI=1S/C8H18BrN3Si/c1-7(2,3)13(9,12-11-10)8(4,5)6/h1-6H3. The highest BCUT2D eigenvalue weighted by Crippen LogP contribution is 2.55. The molecule has 0 fully saturated rings. The molecule has 0 unspecified atom stereocenters. The molecule has 0 aromatic carbocycles. The number of nitrogens with zero attached hydrogens (tertiary/aromatic N) is 3. The topological polar surface area (TPSA) is 48.8 Å². The molecule has 0 N–H and O–H groups in total. The lowest BCUT2D eigenvalue weighted by Gasteiger charge is -2.43. The van der Waals surface area contributed by atoms with Crippen LogP contribution in [0.5, 0.6) is 0 Å². The summed E-state index contributed by atoms with van der Waals surface area (Å²) in [6.07, 6.45) is 0. The molecule has 0 aliphatic heterocycles. The maximum atomic E-state index is 8.59. The molecule has 0 saturated carbocycles. The van der Waals surface area contributed by atoms with Crippen molar-refractivity contribution in [3.63, 3.8) is 0 Å². The number of halogens is 1. The molecule has 0 bridgehead atoms. The van der Waals surface area contributed by atoms with E-state index in [1.54, 1.807) is 0 Å². The van der Waals surface area contributed by atoms with Gasteiger partial charge >= 0.3 is 0 Å². The van der Waals surface area contributed by atoms with Gasteiger partial charge in [-0.15, -0.1) is 20.1 Å². The van der Waals surface area contributed by atoms with E-state index in [0.717, 1.165) is 0 Å². The molecule has 0 aliphatic rings. The lowest BCUT2D eigenvalue weighted by molar-refractivity contribution is 0.634. The van der Waals surface area contributed by atoms with Gasteiger partial charge in [-0.05, 0) is 20.5 Å². The van der Waals surface area contributed by atoms with Crippen molar-refractivity contribution < 1.29 is 0 Å². The fraction of sp³-hybridized carbons (Fsp3) is 1.00. The smallest absolute Gasteiger partial charge is 0.119 e. The van der Waals surface area contributed by atoms with E-state index in [-0.39, 0.29) is 10.1 Å². The first-order valence-corrected chi connectivity index (χ1v) is 8.52. The number of hydrogen-bond donors (Lipinski definition) is 0. The van der Waals surface area contributed by atoms with Gasteiger partial charge in [-0.2, -0.15) is 0 Å². The summed E-state index contributed by atoms with van der Waals surface area (Å²) < 4.78 is 4.03. The van der Waals surface area contributed by atoms with E-state index in [1.807, 2.05) is 0 Å². The van der Waals surface area contributed by atoms with E-state index < -0.39 is 6.85 Å². The maximum Gasteiger partial charge on any atom is 0.238 e. The summed E-state index contributed by atoms with van der Waals surface area (Å²) in [7, 11) is 0. The third kappa shape index (κ3) is 2.48. The first-order valence-electron chi connectivity index (χ1n) is 4.31. The van der Waals surface area contributed by atoms with Crippen LogP contribution in [0.25, 0.3) is 10.4 Å². The lowest BCUT2D eigenvalue weighted by Crippen LogP contribution is -2.44. The lowest BCUT2D eigenvalue weighted by atomic mass is 10.2. The minimum atomic E-state index is -2.13. The van der Waals surface area contributed by atoms with Gasteiger partial charge in [0.25, 0.3) is 0 Å². The van der Waals surface area contributed by atoms with Crippen LogP contribution in [0.3, 0.4) is 0 Å². The van der Waals surface area contributed by atoms with Crippen LogP contribution in [0.2, 0.25) is 10.1 Å². The van der Waals surface area contributed by atoms with Gasteiger partial charge in [0, 0.05) is 0 Å². The third-order valence-corrected chi connectivity index (χ3v) is 14.1. The van der Waals surface area contributed by atoms with Gasteiger partial charge in [0.05, 0.1) is 0 Å². The summed E-state index contributed by atoms with van der Waals surface area (Å²) in [5, 5.41) is 0.0506. The van der Waals surface area contributed by atoms with Crippen LogP contribution < -0.4 is 0 Å². The van der Waals surface area contributed by atoms with Crippen LogP contribution in [0, 0.1) is 0 Å². The Hall–Kier alpha value is 0.00688. The SMILES string of the molecule is CC(C)(C)[Si](Br)(N=[N+]=[N-])C(C)(C)C. The van der Waals surface area contributed by atoms with Crippen LogP contribution in [-0.4, -0.2) is 6.85 Å². The van der Waals surface area contributed by atoms with Gasteiger partial charge in [0.2, 0.25) is 6.85 Å². The average molecular weight is 264 g/mol. The van der Waals surface area contributed by atoms with E-state index in [4.69, 9.17) is 5.53 Å². The van der Waals surface area contributed by atoms with Gasteiger partial charge in [0.1, 0.15) is 0 Å². The second kappa shape index (κ2) is 3.63. The zero-order valence-corrected chi connectivity index (χ0v) is 11.8. The Morgan fingerprint density at radius 2 is 1.38 bits per heavy atom. The fourth-order valence-corrected chi connectivity index (χ4v) is 4.67. The van der Waals surface area contributed by atoms with Crippen molar-refractivity contribution in [1.29, 1.82) is 0 Å². The summed E-state index contributed by atoms with van der Waals surface area (Å²) in [5.74, 6) is 0. The predicted molar refractivity (Wildman–Crippen MR) is 63.3 cm³/mol. The van der Waals surface area contributed by atoms with Crippen molar-refractivity contribution in [1.82, 2.24) is 0 Å². The minimum absolute atomic E-state index is 0.0253. The van der Waals surface area contributed by atoms with Crippen LogP contribution >= 0.6 is 15.3 Å². The molecule has 3 nitrogen and oxygen atoms in total. The fourth-order valence-electron chi connectivity index (χ4n) is 1.49. The first kappa shape index (κ1) is 13.0. The van der Waals surface area contributed by atoms with Crippen molar-refractivity contribution in [3.8, 4) is 0 Å². The summed E-state index contributed by atoms with van der Waals surface area (Å²) in [6, 6.07) is 0. The van der Waals surface area contributed by atoms with Crippen LogP contribution in [0.15, 0.2) is 4.78 Å². The zero-order valence-electron chi connectivity index (χ0n) is 9.22. The van der Waals surface area contributed by atoms with Crippen molar-refractivity contribution in [3.05, 3.63) is 10.4 Å². The van der Waals surface area contributed by atoms with E-state index in [1.165, 1.54) is 0 Å². The molecule has 13 heavy (non-hydrogen) atoms. The zero-order chi connectivity index (χ0) is 10.9. The second-order valence-corrected chi connectivity index (χ2v) is 13.2. The molecular weight excluding hydrogens is 246 g/mol. The second-order valence-electron chi connectivity index (χ2n) is 5.31. The normalized spacial score (nSPS) is 13.8. The Kier molecular flexibility index (Phi) is 3.64. The molecule has 0 atom stereocenters. The monoisotopic (exact) mass is 263 g/mol. The number of azide groups is 1. The van der Waals surface area contributed by atoms with Crippen molar-refractivity contribution in [2.24, 2.45) is 4.78 Å². The highest BCUT2D eigenvalue weighted by Gasteiger charge is 2.51. The Morgan fingerprint density at radius 3 is 1.46 bits per heavy atom. The third-order valence-electron chi connectivity index (χ3n) is 2.17. The molecular formula is C8H18BrN3Si. The highest BCUT2D eigenvalue weighted by atomic mass is 79.9. The largest absolute Gasteiger partial charge is 0.238 e. The van der Waals surface area contributed by atoms with Crippen molar-refractivity contribution in [2.45, 2.75) is 51.6 Å². The van der Waals surface area contributed by atoms with Gasteiger partial charge in [-0.3, -0.25) is 0 Å². The Balaban J connectivity index is 5.33. The van der Waals surface area contributed by atoms with Crippen LogP contribution in [-0.2, 0) is 0 Å². The van der Waals surface area contributed by atoms with Gasteiger partial charge in [0.15, 0.2) is 0 Å². The molecule has 0 aromatic rings. The van der Waals surface area contributed by atoms with Gasteiger partial charge < -0.3 is 0 Å². The van der Waals surface area contributed by atoms with Crippen LogP contribution in [0.1, 0.15) is 41.5 Å². The maximum absolute atomic E-state index is 8.59. The van der Waals surface area contributed by atoms with Crippen molar-refractivity contribution in [2.75, 3.05) is 0 Å². The molecule has 0 rings (SSSR count). The van der Waals surface area contributed by atoms with E-state index >= 15 is 0 Å². The molecule has 76 valence electrons. The summed E-state index contributed by atoms with van der Waals surface area (Å²) >= 11 is 3.71. The number of hydrogen-bond acceptors (Lipinski definition) is 1. The van der Waals surface area contributed by atoms with Crippen LogP contribution in [0.4, 0.5) is 0 Å². The Morgan fingerprint density at radius 1 is 1.08 bits per heavy atom. The van der Waals surface area contributed by atoms with E-state index in [2.05, 4.69) is 66.5 Å². The molecule has 0 heterocycles. The molecule has 0 aliphatic carbocycles. The molecule has 0 amide bonds. The summed E-state index contributed by atoms with van der Waals surface area (Å²) in [5.41, 5.74) is 8.59. The minimum Gasteiger partial charge on any atom is -0.119 e. The molecule has 0 aromatic heterocycles. The molecule has 0 radical (unpaired) electrons. The van der Waals surface area contributed by atoms with Gasteiger partial charge in [-0.1, -0.05) is 41.5 Å². The van der Waals surface area contributed by atoms with Gasteiger partial charge in [-0.25, -0.2) is 0 Å². The quantitative estimate of drug-likeness (QED) is 0.216. The number of rotatable bonds is 1. The first-order chi connectivity index (χ1) is 5.56. The van der Waals surface area contributed by atoms with E-state index in [0.29, 0.717) is 0 Å². The molecule has 5 heteroatoms.